The largest absolute Gasteiger partial charge is 0.466 e. The smallest absolute Gasteiger partial charge is 0.190 e. The minimum atomic E-state index is -1.59. The predicted molar refractivity (Wildman–Crippen MR) is 79.8 cm³/mol. The second kappa shape index (κ2) is 6.21. The third-order valence-corrected chi connectivity index (χ3v) is 3.40. The number of rotatable bonds is 6. The Balaban J connectivity index is 2.68. The molecule has 2 nitrogen and oxygen atoms in total. The maximum absolute atomic E-state index is 5.97. The molecule has 1 atom stereocenters. The Labute approximate surface area is 112 Å². The third-order valence-electron chi connectivity index (χ3n) is 2.43. The van der Waals surface area contributed by atoms with E-state index in [0.29, 0.717) is 5.76 Å². The van der Waals surface area contributed by atoms with E-state index in [1.807, 2.05) is 12.1 Å². The second-order valence-corrected chi connectivity index (χ2v) is 9.94. The maximum Gasteiger partial charge on any atom is 0.190 e. The van der Waals surface area contributed by atoms with Crippen molar-refractivity contribution in [2.75, 3.05) is 0 Å². The van der Waals surface area contributed by atoms with Crippen molar-refractivity contribution in [3.05, 3.63) is 42.0 Å². The zero-order valence-electron chi connectivity index (χ0n) is 12.1. The third kappa shape index (κ3) is 5.06. The van der Waals surface area contributed by atoms with Crippen LogP contribution in [0.15, 0.2) is 30.8 Å². The number of benzene rings is 1. The fraction of sp³-hybridized carbons (Fsp3) is 0.467. The Morgan fingerprint density at radius 2 is 2.00 bits per heavy atom. The molecule has 1 aromatic carbocycles. The van der Waals surface area contributed by atoms with Crippen LogP contribution in [0.2, 0.25) is 19.6 Å². The summed E-state index contributed by atoms with van der Waals surface area (Å²) >= 11 is 0. The number of hydrogen-bond acceptors (Lipinski definition) is 2. The van der Waals surface area contributed by atoms with E-state index in [9.17, 15) is 0 Å². The lowest BCUT2D eigenvalue weighted by molar-refractivity contribution is -0.0246. The average Bonchev–Trinajstić information content (AvgIpc) is 2.26. The lowest BCUT2D eigenvalue weighted by atomic mass is 10.1. The van der Waals surface area contributed by atoms with Crippen molar-refractivity contribution in [3.8, 4) is 0 Å². The van der Waals surface area contributed by atoms with Crippen LogP contribution in [-0.4, -0.2) is 14.6 Å². The maximum atomic E-state index is 5.97. The van der Waals surface area contributed by atoms with Crippen molar-refractivity contribution in [3.63, 3.8) is 0 Å². The van der Waals surface area contributed by atoms with E-state index in [2.05, 4.69) is 52.2 Å². The van der Waals surface area contributed by atoms with Gasteiger partial charge in [0.1, 0.15) is 5.76 Å². The van der Waals surface area contributed by atoms with E-state index in [4.69, 9.17) is 9.16 Å². The highest BCUT2D eigenvalue weighted by Crippen LogP contribution is 2.20. The van der Waals surface area contributed by atoms with Crippen LogP contribution in [0.4, 0.5) is 0 Å². The van der Waals surface area contributed by atoms with Crippen LogP contribution in [0.5, 0.6) is 0 Å². The van der Waals surface area contributed by atoms with Crippen LogP contribution in [0.1, 0.15) is 24.5 Å². The van der Waals surface area contributed by atoms with Crippen molar-refractivity contribution in [1.29, 1.82) is 0 Å². The molecule has 0 saturated carbocycles. The molecule has 0 heterocycles. The molecule has 0 aliphatic heterocycles. The highest BCUT2D eigenvalue weighted by molar-refractivity contribution is 6.69. The van der Waals surface area contributed by atoms with Crippen molar-refractivity contribution >= 4 is 14.1 Å². The van der Waals surface area contributed by atoms with Gasteiger partial charge in [-0.25, -0.2) is 0 Å². The average molecular weight is 264 g/mol. The molecule has 18 heavy (non-hydrogen) atoms. The summed E-state index contributed by atoms with van der Waals surface area (Å²) in [6.45, 7) is 14.6. The van der Waals surface area contributed by atoms with Crippen LogP contribution in [0, 0.1) is 6.92 Å². The first-order chi connectivity index (χ1) is 8.31. The molecule has 0 fully saturated rings. The second-order valence-electron chi connectivity index (χ2n) is 5.48. The molecular formula is C15H24O2Si. The minimum absolute atomic E-state index is 0.190. The Kier molecular flexibility index (Phi) is 5.17. The summed E-state index contributed by atoms with van der Waals surface area (Å²) in [5, 5.41) is 0. The van der Waals surface area contributed by atoms with Crippen LogP contribution in [-0.2, 0) is 9.16 Å². The van der Waals surface area contributed by atoms with Gasteiger partial charge in [0.15, 0.2) is 14.6 Å². The van der Waals surface area contributed by atoms with Gasteiger partial charge in [0.25, 0.3) is 0 Å². The van der Waals surface area contributed by atoms with E-state index >= 15 is 0 Å². The van der Waals surface area contributed by atoms with Gasteiger partial charge >= 0.3 is 0 Å². The molecule has 100 valence electrons. The minimum Gasteiger partial charge on any atom is -0.466 e. The molecule has 1 aromatic rings. The molecule has 0 saturated heterocycles. The summed E-state index contributed by atoms with van der Waals surface area (Å²) < 4.78 is 11.8. The van der Waals surface area contributed by atoms with Crippen LogP contribution in [0.25, 0.3) is 5.76 Å². The number of ether oxygens (including phenoxy) is 1. The highest BCUT2D eigenvalue weighted by Gasteiger charge is 2.21. The van der Waals surface area contributed by atoms with E-state index in [1.54, 1.807) is 0 Å². The van der Waals surface area contributed by atoms with E-state index in [-0.39, 0.29) is 6.29 Å². The SMILES string of the molecule is C=C(OC(CC)O[Si](C)(C)C)c1cccc(C)c1. The van der Waals surface area contributed by atoms with Gasteiger partial charge < -0.3 is 9.16 Å². The van der Waals surface area contributed by atoms with E-state index < -0.39 is 8.32 Å². The fourth-order valence-electron chi connectivity index (χ4n) is 1.63. The summed E-state index contributed by atoms with van der Waals surface area (Å²) in [6, 6.07) is 8.16. The van der Waals surface area contributed by atoms with Gasteiger partial charge in [-0.15, -0.1) is 0 Å². The summed E-state index contributed by atoms with van der Waals surface area (Å²) in [7, 11) is -1.59. The topological polar surface area (TPSA) is 18.5 Å². The molecule has 0 aromatic heterocycles. The van der Waals surface area contributed by atoms with Gasteiger partial charge in [-0.3, -0.25) is 0 Å². The standard InChI is InChI=1S/C15H24O2Si/c1-7-15(17-18(4,5)6)16-13(3)14-10-8-9-12(2)11-14/h8-11,15H,3,7H2,1-2,4-6H3. The molecule has 0 spiro atoms. The van der Waals surface area contributed by atoms with Crippen molar-refractivity contribution < 1.29 is 9.16 Å². The van der Waals surface area contributed by atoms with E-state index in [1.165, 1.54) is 5.56 Å². The first-order valence-corrected chi connectivity index (χ1v) is 9.83. The molecule has 3 heteroatoms. The molecule has 0 radical (unpaired) electrons. The Morgan fingerprint density at radius 3 is 2.50 bits per heavy atom. The first-order valence-electron chi connectivity index (χ1n) is 6.42. The fourth-order valence-corrected chi connectivity index (χ4v) is 2.63. The van der Waals surface area contributed by atoms with Gasteiger partial charge in [-0.2, -0.15) is 0 Å². The summed E-state index contributed by atoms with van der Waals surface area (Å²) in [5.74, 6) is 0.684. The quantitative estimate of drug-likeness (QED) is 0.426. The monoisotopic (exact) mass is 264 g/mol. The van der Waals surface area contributed by atoms with Crippen molar-refractivity contribution in [2.24, 2.45) is 0 Å². The summed E-state index contributed by atoms with van der Waals surface area (Å²) in [5.41, 5.74) is 2.23. The summed E-state index contributed by atoms with van der Waals surface area (Å²) in [6.07, 6.45) is 0.638. The molecule has 0 amide bonds. The van der Waals surface area contributed by atoms with Gasteiger partial charge in [0, 0.05) is 12.0 Å². The Bertz CT molecular complexity index is 407. The van der Waals surface area contributed by atoms with Crippen LogP contribution in [0.3, 0.4) is 0 Å². The normalized spacial score (nSPS) is 13.2. The van der Waals surface area contributed by atoms with E-state index in [0.717, 1.165) is 12.0 Å². The molecule has 1 rings (SSSR count). The van der Waals surface area contributed by atoms with Gasteiger partial charge in [0.2, 0.25) is 0 Å². The first kappa shape index (κ1) is 15.0. The molecule has 0 aliphatic rings. The zero-order valence-corrected chi connectivity index (χ0v) is 13.1. The van der Waals surface area contributed by atoms with Crippen LogP contribution < -0.4 is 0 Å². The summed E-state index contributed by atoms with van der Waals surface area (Å²) in [4.78, 5) is 0. The molecule has 0 bridgehead atoms. The highest BCUT2D eigenvalue weighted by atomic mass is 28.4. The molecular weight excluding hydrogens is 240 g/mol. The molecule has 1 unspecified atom stereocenters. The van der Waals surface area contributed by atoms with Gasteiger partial charge in [-0.1, -0.05) is 37.3 Å². The van der Waals surface area contributed by atoms with Crippen molar-refractivity contribution in [2.45, 2.75) is 46.2 Å². The Hall–Kier alpha value is -1.06. The molecule has 0 N–H and O–H groups in total. The Morgan fingerprint density at radius 1 is 1.33 bits per heavy atom. The van der Waals surface area contributed by atoms with Gasteiger partial charge in [-0.05, 0) is 32.6 Å². The van der Waals surface area contributed by atoms with Gasteiger partial charge in [0.05, 0.1) is 0 Å². The predicted octanol–water partition coefficient (Wildman–Crippen LogP) is 4.57. The van der Waals surface area contributed by atoms with Crippen molar-refractivity contribution in [1.82, 2.24) is 0 Å². The molecule has 0 aliphatic carbocycles. The number of aryl methyl sites for hydroxylation is 1. The zero-order chi connectivity index (χ0) is 13.8. The lowest BCUT2D eigenvalue weighted by Crippen LogP contribution is -2.32. The lowest BCUT2D eigenvalue weighted by Gasteiger charge is -2.26. The number of hydrogen-bond donors (Lipinski definition) is 0. The van der Waals surface area contributed by atoms with Crippen LogP contribution >= 0.6 is 0 Å².